The van der Waals surface area contributed by atoms with Gasteiger partial charge in [-0.3, -0.25) is 4.79 Å². The largest absolute Gasteiger partial charge is 0.347 e. The molecule has 2 N–H and O–H groups in total. The molecule has 2 aromatic rings. The Morgan fingerprint density at radius 2 is 2.53 bits per heavy atom. The minimum atomic E-state index is -0.0301. The number of nitrogens with zero attached hydrogens (tertiary/aromatic N) is 1. The molecule has 1 amide bonds. The number of aromatic amines is 1. The Morgan fingerprint density at radius 1 is 1.65 bits per heavy atom. The predicted molar refractivity (Wildman–Crippen MR) is 67.8 cm³/mol. The van der Waals surface area contributed by atoms with Gasteiger partial charge in [0.15, 0.2) is 0 Å². The van der Waals surface area contributed by atoms with E-state index in [0.29, 0.717) is 6.42 Å². The third-order valence-electron chi connectivity index (χ3n) is 2.51. The Kier molecular flexibility index (Phi) is 3.93. The zero-order chi connectivity index (χ0) is 12.1. The van der Waals surface area contributed by atoms with Gasteiger partial charge in [0, 0.05) is 17.3 Å². The molecule has 0 spiro atoms. The van der Waals surface area contributed by atoms with Crippen molar-refractivity contribution in [2.24, 2.45) is 0 Å². The van der Waals surface area contributed by atoms with E-state index in [1.807, 2.05) is 24.4 Å². The summed E-state index contributed by atoms with van der Waals surface area (Å²) in [7, 11) is 0. The molecule has 1 atom stereocenters. The van der Waals surface area contributed by atoms with E-state index in [0.717, 1.165) is 17.1 Å². The highest BCUT2D eigenvalue weighted by atomic mass is 32.1. The maximum absolute atomic E-state index is 11.8. The Morgan fingerprint density at radius 3 is 3.12 bits per heavy atom. The van der Waals surface area contributed by atoms with Crippen molar-refractivity contribution >= 4 is 17.2 Å². The van der Waals surface area contributed by atoms with Crippen LogP contribution in [0.5, 0.6) is 0 Å². The van der Waals surface area contributed by atoms with Gasteiger partial charge in [-0.2, -0.15) is 0 Å². The van der Waals surface area contributed by atoms with Gasteiger partial charge in [-0.15, -0.1) is 11.3 Å². The average molecular weight is 249 g/mol. The summed E-state index contributed by atoms with van der Waals surface area (Å²) in [5, 5.41) is 4.96. The van der Waals surface area contributed by atoms with Gasteiger partial charge in [-0.25, -0.2) is 4.98 Å². The molecule has 1 unspecified atom stereocenters. The van der Waals surface area contributed by atoms with Crippen LogP contribution in [0.1, 0.15) is 30.1 Å². The Hall–Kier alpha value is -1.62. The van der Waals surface area contributed by atoms with E-state index in [9.17, 15) is 4.79 Å². The quantitative estimate of drug-likeness (QED) is 0.854. The lowest BCUT2D eigenvalue weighted by Crippen LogP contribution is -2.29. The first-order valence-corrected chi connectivity index (χ1v) is 6.48. The number of hydrogen-bond donors (Lipinski definition) is 2. The van der Waals surface area contributed by atoms with Gasteiger partial charge in [0.05, 0.1) is 12.5 Å². The van der Waals surface area contributed by atoms with Crippen LogP contribution in [0, 0.1) is 0 Å². The molecule has 0 radical (unpaired) electrons. The first-order valence-electron chi connectivity index (χ1n) is 5.60. The molecular weight excluding hydrogens is 234 g/mol. The van der Waals surface area contributed by atoms with Crippen molar-refractivity contribution in [2.45, 2.75) is 25.8 Å². The van der Waals surface area contributed by atoms with Crippen LogP contribution in [0.3, 0.4) is 0 Å². The molecule has 0 fully saturated rings. The van der Waals surface area contributed by atoms with Gasteiger partial charge in [0.2, 0.25) is 5.91 Å². The molecule has 0 aliphatic rings. The van der Waals surface area contributed by atoms with Crippen molar-refractivity contribution < 1.29 is 4.79 Å². The van der Waals surface area contributed by atoms with E-state index >= 15 is 0 Å². The Bertz CT molecular complexity index is 450. The van der Waals surface area contributed by atoms with Crippen LogP contribution in [-0.2, 0) is 11.2 Å². The molecule has 0 aromatic carbocycles. The normalized spacial score (nSPS) is 12.3. The topological polar surface area (TPSA) is 57.8 Å². The molecule has 0 saturated carbocycles. The van der Waals surface area contributed by atoms with Gasteiger partial charge in [-0.05, 0) is 17.9 Å². The first kappa shape index (κ1) is 11.9. The second-order valence-electron chi connectivity index (χ2n) is 3.76. The summed E-state index contributed by atoms with van der Waals surface area (Å²) in [5.74, 6) is 0.850. The molecule has 0 bridgehead atoms. The Labute approximate surface area is 104 Å². The molecule has 2 heterocycles. The lowest BCUT2D eigenvalue weighted by Gasteiger charge is -2.14. The molecule has 2 rings (SSSR count). The summed E-state index contributed by atoms with van der Waals surface area (Å²) in [6.07, 6.45) is 4.73. The van der Waals surface area contributed by atoms with E-state index in [1.165, 1.54) is 0 Å². The van der Waals surface area contributed by atoms with E-state index in [4.69, 9.17) is 0 Å². The van der Waals surface area contributed by atoms with Crippen LogP contribution in [0.15, 0.2) is 29.9 Å². The number of H-pyrrole nitrogens is 1. The molecular formula is C12H15N3OS. The number of hydrogen-bond acceptors (Lipinski definition) is 3. The maximum Gasteiger partial charge on any atom is 0.225 e. The van der Waals surface area contributed by atoms with Gasteiger partial charge < -0.3 is 10.3 Å². The number of carbonyl (C=O) groups excluding carboxylic acids is 1. The van der Waals surface area contributed by atoms with Crippen molar-refractivity contribution in [3.8, 4) is 0 Å². The third-order valence-corrected chi connectivity index (χ3v) is 3.38. The van der Waals surface area contributed by atoms with E-state index in [-0.39, 0.29) is 11.9 Å². The molecule has 0 saturated heterocycles. The lowest BCUT2D eigenvalue weighted by molar-refractivity contribution is -0.121. The van der Waals surface area contributed by atoms with Crippen molar-refractivity contribution in [3.05, 3.63) is 40.6 Å². The highest BCUT2D eigenvalue weighted by Crippen LogP contribution is 2.13. The number of rotatable bonds is 5. The second kappa shape index (κ2) is 5.63. The summed E-state index contributed by atoms with van der Waals surface area (Å²) >= 11 is 1.60. The molecule has 0 aliphatic heterocycles. The van der Waals surface area contributed by atoms with E-state index in [1.54, 1.807) is 23.7 Å². The summed E-state index contributed by atoms with van der Waals surface area (Å²) in [5.41, 5.74) is 0. The fraction of sp³-hybridized carbons (Fsp3) is 0.333. The smallest absolute Gasteiger partial charge is 0.225 e. The van der Waals surface area contributed by atoms with E-state index < -0.39 is 0 Å². The number of aromatic nitrogens is 2. The fourth-order valence-electron chi connectivity index (χ4n) is 1.65. The van der Waals surface area contributed by atoms with Crippen molar-refractivity contribution in [1.82, 2.24) is 15.3 Å². The number of carbonyl (C=O) groups is 1. The number of nitrogens with one attached hydrogen (secondary N) is 2. The minimum absolute atomic E-state index is 0.0301. The van der Waals surface area contributed by atoms with E-state index in [2.05, 4.69) is 15.3 Å². The van der Waals surface area contributed by atoms with Crippen LogP contribution in [0.2, 0.25) is 0 Å². The second-order valence-corrected chi connectivity index (χ2v) is 4.79. The first-order chi connectivity index (χ1) is 8.29. The molecule has 90 valence electrons. The fourth-order valence-corrected chi connectivity index (χ4v) is 2.35. The lowest BCUT2D eigenvalue weighted by atomic mass is 10.2. The van der Waals surface area contributed by atoms with Crippen LogP contribution < -0.4 is 5.32 Å². The standard InChI is InChI=1S/C12H15N3OS/c1-2-10(12-13-5-6-14-12)15-11(16)8-9-4-3-7-17-9/h3-7,10H,2,8H2,1H3,(H,13,14)(H,15,16). The summed E-state index contributed by atoms with van der Waals surface area (Å²) in [4.78, 5) is 20.1. The monoisotopic (exact) mass is 249 g/mol. The molecule has 2 aromatic heterocycles. The molecule has 5 heteroatoms. The average Bonchev–Trinajstić information content (AvgIpc) is 2.97. The summed E-state index contributed by atoms with van der Waals surface area (Å²) in [6.45, 7) is 2.03. The minimum Gasteiger partial charge on any atom is -0.347 e. The van der Waals surface area contributed by atoms with Crippen LogP contribution >= 0.6 is 11.3 Å². The predicted octanol–water partition coefficient (Wildman–Crippen LogP) is 2.28. The van der Waals surface area contributed by atoms with Crippen LogP contribution in [0.25, 0.3) is 0 Å². The zero-order valence-electron chi connectivity index (χ0n) is 9.64. The van der Waals surface area contributed by atoms with Gasteiger partial charge in [-0.1, -0.05) is 13.0 Å². The third kappa shape index (κ3) is 3.17. The van der Waals surface area contributed by atoms with Crippen molar-refractivity contribution in [2.75, 3.05) is 0 Å². The molecule has 4 nitrogen and oxygen atoms in total. The SMILES string of the molecule is CCC(NC(=O)Cc1cccs1)c1ncc[nH]1. The molecule has 0 aliphatic carbocycles. The number of thiophene rings is 1. The zero-order valence-corrected chi connectivity index (χ0v) is 10.5. The number of amides is 1. The summed E-state index contributed by atoms with van der Waals surface area (Å²) in [6, 6.07) is 3.90. The van der Waals surface area contributed by atoms with Crippen molar-refractivity contribution in [1.29, 1.82) is 0 Å². The Balaban J connectivity index is 1.93. The van der Waals surface area contributed by atoms with Crippen molar-refractivity contribution in [3.63, 3.8) is 0 Å². The highest BCUT2D eigenvalue weighted by molar-refractivity contribution is 7.10. The van der Waals surface area contributed by atoms with Gasteiger partial charge >= 0.3 is 0 Å². The highest BCUT2D eigenvalue weighted by Gasteiger charge is 2.14. The van der Waals surface area contributed by atoms with Gasteiger partial charge in [0.25, 0.3) is 0 Å². The maximum atomic E-state index is 11.8. The molecule has 17 heavy (non-hydrogen) atoms. The van der Waals surface area contributed by atoms with Crippen LogP contribution in [0.4, 0.5) is 0 Å². The number of imidazole rings is 1. The summed E-state index contributed by atoms with van der Waals surface area (Å²) < 4.78 is 0. The van der Waals surface area contributed by atoms with Crippen LogP contribution in [-0.4, -0.2) is 15.9 Å². The van der Waals surface area contributed by atoms with Gasteiger partial charge in [0.1, 0.15) is 5.82 Å².